The van der Waals surface area contributed by atoms with Crippen LogP contribution in [0.2, 0.25) is 0 Å². The molecule has 0 saturated heterocycles. The van der Waals surface area contributed by atoms with Crippen LogP contribution >= 0.6 is 0 Å². The quantitative estimate of drug-likeness (QED) is 0.181. The van der Waals surface area contributed by atoms with E-state index in [0.29, 0.717) is 12.2 Å². The van der Waals surface area contributed by atoms with Gasteiger partial charge in [0.2, 0.25) is 0 Å². The van der Waals surface area contributed by atoms with Gasteiger partial charge in [-0.2, -0.15) is 0 Å². The van der Waals surface area contributed by atoms with E-state index in [-0.39, 0.29) is 0 Å². The van der Waals surface area contributed by atoms with Crippen LogP contribution in [0.1, 0.15) is 96.8 Å². The number of carboxylic acid groups (broad SMARTS) is 2. The van der Waals surface area contributed by atoms with Gasteiger partial charge in [-0.3, -0.25) is 0 Å². The Hall–Kier alpha value is -1.36. The Kier molecular flexibility index (Phi) is 21.0. The number of hydrogen-bond donors (Lipinski definition) is 2. The second-order valence-corrected chi connectivity index (χ2v) is 8.62. The van der Waals surface area contributed by atoms with Crippen LogP contribution in [-0.4, -0.2) is 54.3 Å². The van der Waals surface area contributed by atoms with Crippen molar-refractivity contribution in [2.75, 3.05) is 27.7 Å². The number of nitrogens with zero attached hydrogens (tertiary/aromatic N) is 1. The fourth-order valence-corrected chi connectivity index (χ4v) is 2.92. The summed E-state index contributed by atoms with van der Waals surface area (Å²) in [5, 5.41) is 15.6. The molecule has 0 aromatic heterocycles. The lowest BCUT2D eigenvalue weighted by atomic mass is 10.0. The molecule has 0 unspecified atom stereocenters. The van der Waals surface area contributed by atoms with Crippen LogP contribution in [0.15, 0.2) is 12.2 Å². The van der Waals surface area contributed by atoms with Crippen molar-refractivity contribution in [2.45, 2.75) is 96.8 Å². The first kappa shape index (κ1) is 28.8. The standard InChI is InChI=1S/C19H42N.C4H4O4/c1-5-6-7-8-9-10-11-12-13-14-15-16-17-18-19-20(2,3)4;5-3(6)1-2-4(7)8/h5-19H2,1-4H3;1-2H,(H,5,6)(H,7,8)/q+1;/b;2-1+. The molecule has 0 saturated carbocycles. The largest absolute Gasteiger partial charge is 0.478 e. The van der Waals surface area contributed by atoms with Crippen LogP contribution in [0.25, 0.3) is 0 Å². The van der Waals surface area contributed by atoms with E-state index in [1.807, 2.05) is 0 Å². The summed E-state index contributed by atoms with van der Waals surface area (Å²) in [6.07, 6.45) is 21.5. The van der Waals surface area contributed by atoms with Crippen molar-refractivity contribution in [1.29, 1.82) is 0 Å². The van der Waals surface area contributed by atoms with Crippen LogP contribution in [-0.2, 0) is 9.59 Å². The summed E-state index contributed by atoms with van der Waals surface area (Å²) in [6, 6.07) is 0. The molecular weight excluding hydrogens is 354 g/mol. The van der Waals surface area contributed by atoms with Crippen molar-refractivity contribution < 1.29 is 24.3 Å². The van der Waals surface area contributed by atoms with E-state index in [4.69, 9.17) is 10.2 Å². The number of carbonyl (C=O) groups is 2. The van der Waals surface area contributed by atoms with Gasteiger partial charge in [-0.05, 0) is 12.8 Å². The number of carboxylic acids is 2. The zero-order valence-corrected chi connectivity index (χ0v) is 18.9. The number of unbranched alkanes of at least 4 members (excludes halogenated alkanes) is 13. The highest BCUT2D eigenvalue weighted by Gasteiger charge is 2.04. The monoisotopic (exact) mass is 400 g/mol. The topological polar surface area (TPSA) is 74.6 Å². The maximum atomic E-state index is 9.55. The summed E-state index contributed by atoms with van der Waals surface area (Å²) >= 11 is 0. The lowest BCUT2D eigenvalue weighted by molar-refractivity contribution is -0.870. The van der Waals surface area contributed by atoms with Crippen LogP contribution in [0.3, 0.4) is 0 Å². The van der Waals surface area contributed by atoms with E-state index < -0.39 is 11.9 Å². The van der Waals surface area contributed by atoms with E-state index in [0.717, 1.165) is 4.48 Å². The van der Waals surface area contributed by atoms with Crippen molar-refractivity contribution in [3.63, 3.8) is 0 Å². The number of aliphatic carboxylic acids is 2. The zero-order chi connectivity index (χ0) is 21.7. The SMILES string of the molecule is CCCCCCCCCCCCCCCC[N+](C)(C)C.O=C(O)/C=C/C(=O)O. The molecule has 0 aromatic carbocycles. The van der Waals surface area contributed by atoms with Gasteiger partial charge in [0.25, 0.3) is 0 Å². The van der Waals surface area contributed by atoms with Gasteiger partial charge in [0.15, 0.2) is 0 Å². The molecule has 0 aliphatic carbocycles. The Bertz CT molecular complexity index is 384. The van der Waals surface area contributed by atoms with Crippen molar-refractivity contribution in [2.24, 2.45) is 0 Å². The average Bonchev–Trinajstić information content (AvgIpc) is 2.60. The Labute approximate surface area is 173 Å². The van der Waals surface area contributed by atoms with E-state index >= 15 is 0 Å². The van der Waals surface area contributed by atoms with Gasteiger partial charge in [-0.25, -0.2) is 9.59 Å². The molecule has 0 radical (unpaired) electrons. The minimum absolute atomic E-state index is 0.558. The second kappa shape index (κ2) is 20.4. The smallest absolute Gasteiger partial charge is 0.328 e. The van der Waals surface area contributed by atoms with Gasteiger partial charge in [0.1, 0.15) is 0 Å². The predicted molar refractivity (Wildman–Crippen MR) is 118 cm³/mol. The molecule has 5 heteroatoms. The zero-order valence-electron chi connectivity index (χ0n) is 18.9. The summed E-state index contributed by atoms with van der Waals surface area (Å²) in [5.41, 5.74) is 0. The molecule has 0 fully saturated rings. The fraction of sp³-hybridized carbons (Fsp3) is 0.826. The molecule has 0 atom stereocenters. The summed E-state index contributed by atoms with van der Waals surface area (Å²) in [5.74, 6) is -2.51. The van der Waals surface area contributed by atoms with E-state index in [2.05, 4.69) is 28.1 Å². The molecular formula is C23H46NO4+. The van der Waals surface area contributed by atoms with Crippen molar-refractivity contribution in [3.8, 4) is 0 Å². The van der Waals surface area contributed by atoms with Gasteiger partial charge in [-0.1, -0.05) is 84.0 Å². The van der Waals surface area contributed by atoms with Crippen LogP contribution in [0.4, 0.5) is 0 Å². The third kappa shape index (κ3) is 32.3. The number of quaternary nitrogens is 1. The van der Waals surface area contributed by atoms with E-state index in [1.54, 1.807) is 0 Å². The Morgan fingerprint density at radius 2 is 0.893 bits per heavy atom. The van der Waals surface area contributed by atoms with Crippen LogP contribution < -0.4 is 0 Å². The number of rotatable bonds is 17. The molecule has 0 spiro atoms. The van der Waals surface area contributed by atoms with Crippen molar-refractivity contribution in [1.82, 2.24) is 0 Å². The maximum Gasteiger partial charge on any atom is 0.328 e. The summed E-state index contributed by atoms with van der Waals surface area (Å²) < 4.78 is 1.12. The van der Waals surface area contributed by atoms with Gasteiger partial charge < -0.3 is 14.7 Å². The summed E-state index contributed by atoms with van der Waals surface area (Å²) in [4.78, 5) is 19.1. The van der Waals surface area contributed by atoms with Gasteiger partial charge in [0.05, 0.1) is 27.7 Å². The highest BCUT2D eigenvalue weighted by Crippen LogP contribution is 2.13. The Morgan fingerprint density at radius 1 is 0.607 bits per heavy atom. The third-order valence-electron chi connectivity index (χ3n) is 4.55. The fourth-order valence-electron chi connectivity index (χ4n) is 2.92. The van der Waals surface area contributed by atoms with Crippen LogP contribution in [0, 0.1) is 0 Å². The lowest BCUT2D eigenvalue weighted by Crippen LogP contribution is -2.35. The number of hydrogen-bond acceptors (Lipinski definition) is 2. The average molecular weight is 401 g/mol. The molecule has 2 N–H and O–H groups in total. The molecule has 5 nitrogen and oxygen atoms in total. The molecule has 166 valence electrons. The highest BCUT2D eigenvalue weighted by molar-refractivity contribution is 5.89. The van der Waals surface area contributed by atoms with Crippen LogP contribution in [0.5, 0.6) is 0 Å². The Morgan fingerprint density at radius 3 is 1.14 bits per heavy atom. The van der Waals surface area contributed by atoms with Gasteiger partial charge in [0, 0.05) is 12.2 Å². The molecule has 0 rings (SSSR count). The Balaban J connectivity index is 0. The molecule has 0 aliphatic rings. The predicted octanol–water partition coefficient (Wildman–Crippen LogP) is 5.89. The molecule has 0 aromatic rings. The lowest BCUT2D eigenvalue weighted by Gasteiger charge is -2.23. The third-order valence-corrected chi connectivity index (χ3v) is 4.55. The first-order valence-electron chi connectivity index (χ1n) is 11.1. The molecule has 28 heavy (non-hydrogen) atoms. The molecule has 0 amide bonds. The first-order chi connectivity index (χ1) is 13.2. The second-order valence-electron chi connectivity index (χ2n) is 8.62. The first-order valence-corrected chi connectivity index (χ1v) is 11.1. The van der Waals surface area contributed by atoms with E-state index in [1.165, 1.54) is 96.4 Å². The van der Waals surface area contributed by atoms with Crippen molar-refractivity contribution in [3.05, 3.63) is 12.2 Å². The molecule has 0 heterocycles. The highest BCUT2D eigenvalue weighted by atomic mass is 16.4. The minimum Gasteiger partial charge on any atom is -0.478 e. The van der Waals surface area contributed by atoms with E-state index in [9.17, 15) is 9.59 Å². The van der Waals surface area contributed by atoms with Gasteiger partial charge in [-0.15, -0.1) is 0 Å². The van der Waals surface area contributed by atoms with Crippen molar-refractivity contribution >= 4 is 11.9 Å². The minimum atomic E-state index is -1.26. The maximum absolute atomic E-state index is 9.55. The normalized spacial score (nSPS) is 11.3. The summed E-state index contributed by atoms with van der Waals surface area (Å²) in [6.45, 7) is 3.63. The summed E-state index contributed by atoms with van der Waals surface area (Å²) in [7, 11) is 6.88. The molecule has 0 aliphatic heterocycles. The molecule has 0 bridgehead atoms. The van der Waals surface area contributed by atoms with Gasteiger partial charge >= 0.3 is 11.9 Å².